The summed E-state index contributed by atoms with van der Waals surface area (Å²) in [6.45, 7) is 4.02. The monoisotopic (exact) mass is 252 g/mol. The van der Waals surface area contributed by atoms with Gasteiger partial charge in [0.1, 0.15) is 5.15 Å². The van der Waals surface area contributed by atoms with E-state index in [0.717, 1.165) is 30.5 Å². The van der Waals surface area contributed by atoms with E-state index in [1.165, 1.54) is 0 Å². The topological polar surface area (TPSA) is 42.0 Å². The fourth-order valence-electron chi connectivity index (χ4n) is 2.40. The number of nitrogens with zero attached hydrogens (tertiary/aromatic N) is 1. The molecule has 2 unspecified atom stereocenters. The number of anilines is 1. The van der Waals surface area contributed by atoms with Gasteiger partial charge in [0.2, 0.25) is 5.91 Å². The Labute approximate surface area is 107 Å². The molecule has 0 saturated heterocycles. The second kappa shape index (κ2) is 5.05. The summed E-state index contributed by atoms with van der Waals surface area (Å²) >= 11 is 5.84. The van der Waals surface area contributed by atoms with Crippen molar-refractivity contribution in [2.24, 2.45) is 11.8 Å². The van der Waals surface area contributed by atoms with Crippen molar-refractivity contribution in [1.82, 2.24) is 4.98 Å². The van der Waals surface area contributed by atoms with Gasteiger partial charge in [-0.25, -0.2) is 4.98 Å². The van der Waals surface area contributed by atoms with Gasteiger partial charge in [-0.05, 0) is 37.3 Å². The highest BCUT2D eigenvalue weighted by molar-refractivity contribution is 6.30. The van der Waals surface area contributed by atoms with Gasteiger partial charge >= 0.3 is 0 Å². The molecule has 0 aromatic carbocycles. The van der Waals surface area contributed by atoms with Crippen molar-refractivity contribution < 1.29 is 4.79 Å². The lowest BCUT2D eigenvalue weighted by Crippen LogP contribution is -2.24. The van der Waals surface area contributed by atoms with E-state index in [4.69, 9.17) is 11.6 Å². The average molecular weight is 253 g/mol. The zero-order valence-corrected chi connectivity index (χ0v) is 10.9. The Hall–Kier alpha value is -1.09. The maximum atomic E-state index is 12.0. The van der Waals surface area contributed by atoms with Crippen molar-refractivity contribution in [3.63, 3.8) is 0 Å². The van der Waals surface area contributed by atoms with Crippen LogP contribution < -0.4 is 5.32 Å². The predicted molar refractivity (Wildman–Crippen MR) is 69.1 cm³/mol. The van der Waals surface area contributed by atoms with Crippen LogP contribution in [0.5, 0.6) is 0 Å². The summed E-state index contributed by atoms with van der Waals surface area (Å²) in [4.78, 5) is 16.1. The number of amides is 1. The van der Waals surface area contributed by atoms with Crippen molar-refractivity contribution in [2.75, 3.05) is 5.32 Å². The molecule has 1 saturated carbocycles. The minimum atomic E-state index is 0.110. The van der Waals surface area contributed by atoms with Gasteiger partial charge in [-0.2, -0.15) is 0 Å². The van der Waals surface area contributed by atoms with Gasteiger partial charge in [0.15, 0.2) is 0 Å². The third-order valence-corrected chi connectivity index (χ3v) is 3.88. The molecule has 1 aliphatic carbocycles. The summed E-state index contributed by atoms with van der Waals surface area (Å²) < 4.78 is 0. The Morgan fingerprint density at radius 1 is 1.53 bits per heavy atom. The van der Waals surface area contributed by atoms with Crippen molar-refractivity contribution in [2.45, 2.75) is 33.1 Å². The third-order valence-electron chi connectivity index (χ3n) is 3.48. The second-order valence-electron chi connectivity index (χ2n) is 4.84. The molecule has 2 rings (SSSR count). The van der Waals surface area contributed by atoms with E-state index in [2.05, 4.69) is 17.2 Å². The van der Waals surface area contributed by atoms with Crippen LogP contribution in [0.25, 0.3) is 0 Å². The number of carbonyl (C=O) groups excluding carboxylic acids is 1. The largest absolute Gasteiger partial charge is 0.324 e. The lowest BCUT2D eigenvalue weighted by Gasteiger charge is -2.15. The van der Waals surface area contributed by atoms with Gasteiger partial charge in [-0.3, -0.25) is 4.79 Å². The smallest absolute Gasteiger partial charge is 0.227 e. The molecule has 2 atom stereocenters. The van der Waals surface area contributed by atoms with Crippen LogP contribution in [0, 0.1) is 18.8 Å². The van der Waals surface area contributed by atoms with Crippen molar-refractivity contribution in [3.05, 3.63) is 23.0 Å². The summed E-state index contributed by atoms with van der Waals surface area (Å²) in [5.74, 6) is 0.737. The Balaban J connectivity index is 2.05. The average Bonchev–Trinajstić information content (AvgIpc) is 2.70. The molecule has 17 heavy (non-hydrogen) atoms. The van der Waals surface area contributed by atoms with Gasteiger partial charge in [-0.1, -0.05) is 24.9 Å². The zero-order valence-electron chi connectivity index (χ0n) is 10.2. The highest BCUT2D eigenvalue weighted by Crippen LogP contribution is 2.32. The van der Waals surface area contributed by atoms with E-state index in [1.807, 2.05) is 13.0 Å². The van der Waals surface area contributed by atoms with Crippen molar-refractivity contribution in [1.29, 1.82) is 0 Å². The highest BCUT2D eigenvalue weighted by atomic mass is 35.5. The number of aryl methyl sites for hydroxylation is 1. The van der Waals surface area contributed by atoms with Crippen molar-refractivity contribution >= 4 is 23.2 Å². The maximum absolute atomic E-state index is 12.0. The van der Waals surface area contributed by atoms with Gasteiger partial charge in [0, 0.05) is 5.92 Å². The lowest BCUT2D eigenvalue weighted by atomic mass is 9.97. The number of nitrogens with one attached hydrogen (secondary N) is 1. The van der Waals surface area contributed by atoms with Gasteiger partial charge in [0.05, 0.1) is 11.9 Å². The summed E-state index contributed by atoms with van der Waals surface area (Å²) in [5, 5.41) is 3.41. The quantitative estimate of drug-likeness (QED) is 0.820. The number of halogens is 1. The normalized spacial score (nSPS) is 23.7. The molecule has 1 fully saturated rings. The minimum Gasteiger partial charge on any atom is -0.324 e. The fraction of sp³-hybridized carbons (Fsp3) is 0.538. The van der Waals surface area contributed by atoms with E-state index >= 15 is 0 Å². The van der Waals surface area contributed by atoms with E-state index in [1.54, 1.807) is 6.20 Å². The Kier molecular flexibility index (Phi) is 3.67. The number of hydrogen-bond acceptors (Lipinski definition) is 2. The van der Waals surface area contributed by atoms with Crippen LogP contribution in [0.2, 0.25) is 5.15 Å². The maximum Gasteiger partial charge on any atom is 0.227 e. The lowest BCUT2D eigenvalue weighted by molar-refractivity contribution is -0.120. The van der Waals surface area contributed by atoms with Crippen LogP contribution in [0.4, 0.5) is 5.69 Å². The second-order valence-corrected chi connectivity index (χ2v) is 5.19. The molecular formula is C13H17ClN2O. The first-order chi connectivity index (χ1) is 8.08. The summed E-state index contributed by atoms with van der Waals surface area (Å²) in [6.07, 6.45) is 4.90. The Bertz CT molecular complexity index is 433. The number of pyridine rings is 1. The molecule has 1 heterocycles. The molecule has 0 aliphatic heterocycles. The van der Waals surface area contributed by atoms with E-state index in [0.29, 0.717) is 11.1 Å². The van der Waals surface area contributed by atoms with Crippen molar-refractivity contribution in [3.8, 4) is 0 Å². The zero-order chi connectivity index (χ0) is 12.4. The Morgan fingerprint density at radius 2 is 2.29 bits per heavy atom. The van der Waals surface area contributed by atoms with Gasteiger partial charge < -0.3 is 5.32 Å². The third kappa shape index (κ3) is 2.78. The Morgan fingerprint density at radius 3 is 2.88 bits per heavy atom. The minimum absolute atomic E-state index is 0.110. The van der Waals surface area contributed by atoms with Gasteiger partial charge in [0.25, 0.3) is 0 Å². The van der Waals surface area contributed by atoms with Crippen LogP contribution in [-0.2, 0) is 4.79 Å². The SMILES string of the molecule is Cc1cc(NC(=O)C2CCCC2C)cnc1Cl. The van der Waals surface area contributed by atoms with Crippen LogP contribution in [0.3, 0.4) is 0 Å². The molecule has 1 aromatic rings. The predicted octanol–water partition coefficient (Wildman–Crippen LogP) is 3.42. The van der Waals surface area contributed by atoms with Crippen LogP contribution in [0.15, 0.2) is 12.3 Å². The molecule has 0 spiro atoms. The van der Waals surface area contributed by atoms with E-state index in [9.17, 15) is 4.79 Å². The standard InChI is InChI=1S/C13H17ClN2O/c1-8-4-3-5-11(8)13(17)16-10-6-9(2)12(14)15-7-10/h6-8,11H,3-5H2,1-2H3,(H,16,17). The molecule has 1 N–H and O–H groups in total. The van der Waals surface area contributed by atoms with E-state index < -0.39 is 0 Å². The first-order valence-electron chi connectivity index (χ1n) is 6.01. The highest BCUT2D eigenvalue weighted by Gasteiger charge is 2.29. The summed E-state index contributed by atoms with van der Waals surface area (Å²) in [5.41, 5.74) is 1.61. The molecular weight excluding hydrogens is 236 g/mol. The number of rotatable bonds is 2. The molecule has 4 heteroatoms. The first kappa shape index (κ1) is 12.4. The molecule has 3 nitrogen and oxygen atoms in total. The van der Waals surface area contributed by atoms with Crippen LogP contribution in [-0.4, -0.2) is 10.9 Å². The number of aromatic nitrogens is 1. The summed E-state index contributed by atoms with van der Waals surface area (Å²) in [6, 6.07) is 1.85. The van der Waals surface area contributed by atoms with Crippen LogP contribution >= 0.6 is 11.6 Å². The fourth-order valence-corrected chi connectivity index (χ4v) is 2.50. The van der Waals surface area contributed by atoms with E-state index in [-0.39, 0.29) is 11.8 Å². The summed E-state index contributed by atoms with van der Waals surface area (Å²) in [7, 11) is 0. The molecule has 1 amide bonds. The van der Waals surface area contributed by atoms with Crippen LogP contribution in [0.1, 0.15) is 31.7 Å². The molecule has 92 valence electrons. The van der Waals surface area contributed by atoms with Gasteiger partial charge in [-0.15, -0.1) is 0 Å². The first-order valence-corrected chi connectivity index (χ1v) is 6.38. The molecule has 0 bridgehead atoms. The number of hydrogen-bond donors (Lipinski definition) is 1. The number of carbonyl (C=O) groups is 1. The molecule has 1 aliphatic rings. The molecule has 1 aromatic heterocycles. The molecule has 0 radical (unpaired) electrons.